The third kappa shape index (κ3) is 1.94. The summed E-state index contributed by atoms with van der Waals surface area (Å²) in [6.45, 7) is 12.7. The number of ether oxygens (including phenoxy) is 1. The van der Waals surface area contributed by atoms with Gasteiger partial charge in [0.1, 0.15) is 0 Å². The van der Waals surface area contributed by atoms with Gasteiger partial charge in [0.2, 0.25) is 0 Å². The van der Waals surface area contributed by atoms with Crippen LogP contribution in [0.3, 0.4) is 0 Å². The van der Waals surface area contributed by atoms with Crippen LogP contribution in [0.2, 0.25) is 0 Å². The normalized spacial score (nSPS) is 39.9. The predicted molar refractivity (Wildman–Crippen MR) is 72.1 cm³/mol. The van der Waals surface area contributed by atoms with E-state index in [1.807, 2.05) is 7.05 Å². The molecule has 17 heavy (non-hydrogen) atoms. The lowest BCUT2D eigenvalue weighted by Gasteiger charge is -2.42. The predicted octanol–water partition coefficient (Wildman–Crippen LogP) is 3.22. The quantitative estimate of drug-likeness (QED) is 0.813. The van der Waals surface area contributed by atoms with Gasteiger partial charge in [0.05, 0.1) is 11.7 Å². The van der Waals surface area contributed by atoms with E-state index in [4.69, 9.17) is 4.74 Å². The second-order valence-electron chi connectivity index (χ2n) is 7.51. The molecule has 2 rings (SSSR count). The third-order valence-electron chi connectivity index (χ3n) is 5.78. The van der Waals surface area contributed by atoms with E-state index >= 15 is 0 Å². The lowest BCUT2D eigenvalue weighted by molar-refractivity contribution is -0.125. The van der Waals surface area contributed by atoms with Crippen molar-refractivity contribution in [1.82, 2.24) is 5.32 Å². The standard InChI is InChI=1S/C15H29NO/c1-13(2,10-16-6)17-12-9-11-7-8-15(12,5)14(11,3)4/h11-12,16H,7-10H2,1-6H3. The number of fused-ring (bicyclic) bond motifs is 2. The van der Waals surface area contributed by atoms with Crippen molar-refractivity contribution >= 4 is 0 Å². The molecule has 2 saturated carbocycles. The van der Waals surface area contributed by atoms with Gasteiger partial charge in [-0.1, -0.05) is 20.8 Å². The zero-order valence-corrected chi connectivity index (χ0v) is 12.4. The highest BCUT2D eigenvalue weighted by atomic mass is 16.5. The maximum atomic E-state index is 6.45. The van der Waals surface area contributed by atoms with Crippen LogP contribution >= 0.6 is 0 Å². The van der Waals surface area contributed by atoms with Crippen LogP contribution < -0.4 is 5.32 Å². The minimum Gasteiger partial charge on any atom is -0.370 e. The van der Waals surface area contributed by atoms with E-state index in [1.54, 1.807) is 0 Å². The van der Waals surface area contributed by atoms with Gasteiger partial charge in [0, 0.05) is 6.54 Å². The van der Waals surface area contributed by atoms with Crippen molar-refractivity contribution in [3.8, 4) is 0 Å². The van der Waals surface area contributed by atoms with Gasteiger partial charge in [-0.25, -0.2) is 0 Å². The van der Waals surface area contributed by atoms with Gasteiger partial charge in [-0.3, -0.25) is 0 Å². The molecule has 100 valence electrons. The van der Waals surface area contributed by atoms with Crippen LogP contribution in [-0.4, -0.2) is 25.3 Å². The summed E-state index contributed by atoms with van der Waals surface area (Å²) in [4.78, 5) is 0. The topological polar surface area (TPSA) is 21.3 Å². The van der Waals surface area contributed by atoms with Gasteiger partial charge < -0.3 is 10.1 Å². The Labute approximate surface area is 107 Å². The summed E-state index contributed by atoms with van der Waals surface area (Å²) < 4.78 is 6.45. The molecule has 3 atom stereocenters. The molecule has 1 N–H and O–H groups in total. The van der Waals surface area contributed by atoms with Crippen LogP contribution in [0.1, 0.15) is 53.9 Å². The number of likely N-dealkylation sites (N-methyl/N-ethyl adjacent to an activating group) is 1. The average molecular weight is 239 g/mol. The molecule has 0 aromatic heterocycles. The highest BCUT2D eigenvalue weighted by Gasteiger charge is 2.62. The molecule has 3 unspecified atom stereocenters. The largest absolute Gasteiger partial charge is 0.370 e. The second-order valence-corrected chi connectivity index (χ2v) is 7.51. The third-order valence-corrected chi connectivity index (χ3v) is 5.78. The van der Waals surface area contributed by atoms with Crippen LogP contribution in [0.4, 0.5) is 0 Å². The van der Waals surface area contributed by atoms with Crippen molar-refractivity contribution in [1.29, 1.82) is 0 Å². The molecule has 2 aliphatic carbocycles. The molecule has 0 aromatic rings. The van der Waals surface area contributed by atoms with Gasteiger partial charge in [-0.15, -0.1) is 0 Å². The van der Waals surface area contributed by atoms with E-state index in [1.165, 1.54) is 19.3 Å². The molecule has 2 fully saturated rings. The minimum atomic E-state index is -0.0526. The van der Waals surface area contributed by atoms with E-state index in [2.05, 4.69) is 39.9 Å². The Hall–Kier alpha value is -0.0800. The molecule has 2 nitrogen and oxygen atoms in total. The monoisotopic (exact) mass is 239 g/mol. The molecule has 2 heteroatoms. The fourth-order valence-electron chi connectivity index (χ4n) is 4.16. The molecule has 0 aliphatic heterocycles. The summed E-state index contributed by atoms with van der Waals surface area (Å²) in [5.41, 5.74) is 0.777. The van der Waals surface area contributed by atoms with Gasteiger partial charge in [0.25, 0.3) is 0 Å². The van der Waals surface area contributed by atoms with Crippen molar-refractivity contribution in [3.63, 3.8) is 0 Å². The van der Waals surface area contributed by atoms with E-state index < -0.39 is 0 Å². The first-order chi connectivity index (χ1) is 7.73. The Kier molecular flexibility index (Phi) is 3.11. The summed E-state index contributed by atoms with van der Waals surface area (Å²) in [6, 6.07) is 0. The van der Waals surface area contributed by atoms with Crippen molar-refractivity contribution in [2.24, 2.45) is 16.7 Å². The Balaban J connectivity index is 2.11. The van der Waals surface area contributed by atoms with Gasteiger partial charge in [0.15, 0.2) is 0 Å². The first-order valence-corrected chi connectivity index (χ1v) is 7.05. The molecule has 0 amide bonds. The molecular formula is C15H29NO. The molecular weight excluding hydrogens is 210 g/mol. The number of hydrogen-bond acceptors (Lipinski definition) is 2. The van der Waals surface area contributed by atoms with Crippen LogP contribution in [0.25, 0.3) is 0 Å². The second kappa shape index (κ2) is 3.96. The first-order valence-electron chi connectivity index (χ1n) is 7.05. The molecule has 0 heterocycles. The maximum absolute atomic E-state index is 6.45. The molecule has 0 saturated heterocycles. The Morgan fingerprint density at radius 1 is 1.29 bits per heavy atom. The van der Waals surface area contributed by atoms with Crippen molar-refractivity contribution in [2.45, 2.75) is 65.6 Å². The molecule has 0 spiro atoms. The lowest BCUT2D eigenvalue weighted by Crippen LogP contribution is -2.45. The van der Waals surface area contributed by atoms with E-state index in [0.29, 0.717) is 16.9 Å². The summed E-state index contributed by atoms with van der Waals surface area (Å²) in [7, 11) is 2.00. The zero-order chi connectivity index (χ0) is 12.9. The van der Waals surface area contributed by atoms with Crippen LogP contribution in [-0.2, 0) is 4.74 Å². The zero-order valence-electron chi connectivity index (χ0n) is 12.4. The Bertz CT molecular complexity index is 297. The summed E-state index contributed by atoms with van der Waals surface area (Å²) in [5, 5.41) is 3.23. The minimum absolute atomic E-state index is 0.0526. The summed E-state index contributed by atoms with van der Waals surface area (Å²) >= 11 is 0. The van der Waals surface area contributed by atoms with Gasteiger partial charge >= 0.3 is 0 Å². The van der Waals surface area contributed by atoms with Crippen molar-refractivity contribution in [3.05, 3.63) is 0 Å². The molecule has 2 bridgehead atoms. The van der Waals surface area contributed by atoms with E-state index in [9.17, 15) is 0 Å². The molecule has 0 radical (unpaired) electrons. The molecule has 2 aliphatic rings. The van der Waals surface area contributed by atoms with E-state index in [-0.39, 0.29) is 5.60 Å². The summed E-state index contributed by atoms with van der Waals surface area (Å²) in [6.07, 6.45) is 4.44. The number of rotatable bonds is 4. The van der Waals surface area contributed by atoms with Crippen molar-refractivity contribution in [2.75, 3.05) is 13.6 Å². The highest BCUT2D eigenvalue weighted by molar-refractivity contribution is 5.11. The number of hydrogen-bond donors (Lipinski definition) is 1. The van der Waals surface area contributed by atoms with Gasteiger partial charge in [-0.05, 0) is 56.9 Å². The summed E-state index contributed by atoms with van der Waals surface area (Å²) in [5.74, 6) is 0.864. The van der Waals surface area contributed by atoms with Crippen LogP contribution in [0.5, 0.6) is 0 Å². The Morgan fingerprint density at radius 3 is 2.35 bits per heavy atom. The first kappa shape index (κ1) is 13.4. The average Bonchev–Trinajstić information content (AvgIpc) is 2.49. The van der Waals surface area contributed by atoms with Crippen molar-refractivity contribution < 1.29 is 4.74 Å². The van der Waals surface area contributed by atoms with E-state index in [0.717, 1.165) is 12.5 Å². The SMILES string of the molecule is CNCC(C)(C)OC1CC2CCC1(C)C2(C)C. The number of nitrogens with one attached hydrogen (secondary N) is 1. The fraction of sp³-hybridized carbons (Fsp3) is 1.00. The maximum Gasteiger partial charge on any atom is 0.0754 e. The van der Waals surface area contributed by atoms with Crippen LogP contribution in [0, 0.1) is 16.7 Å². The fourth-order valence-corrected chi connectivity index (χ4v) is 4.16. The molecule has 0 aromatic carbocycles. The Morgan fingerprint density at radius 2 is 1.94 bits per heavy atom. The van der Waals surface area contributed by atoms with Gasteiger partial charge in [-0.2, -0.15) is 0 Å². The lowest BCUT2D eigenvalue weighted by atomic mass is 9.70. The van der Waals surface area contributed by atoms with Crippen LogP contribution in [0.15, 0.2) is 0 Å². The smallest absolute Gasteiger partial charge is 0.0754 e. The highest BCUT2D eigenvalue weighted by Crippen LogP contribution is 2.66.